The van der Waals surface area contributed by atoms with E-state index >= 15 is 0 Å². The smallest absolute Gasteiger partial charge is 0.0990 e. The van der Waals surface area contributed by atoms with Gasteiger partial charge in [-0.25, -0.2) is 0 Å². The van der Waals surface area contributed by atoms with Crippen LogP contribution < -0.4 is 11.1 Å². The third-order valence-corrected chi connectivity index (χ3v) is 5.57. The van der Waals surface area contributed by atoms with Crippen LogP contribution >= 0.6 is 0 Å². The average Bonchev–Trinajstić information content (AvgIpc) is 3.15. The van der Waals surface area contributed by atoms with Crippen LogP contribution in [-0.2, 0) is 0 Å². The van der Waals surface area contributed by atoms with Gasteiger partial charge in [-0.3, -0.25) is 4.99 Å². The molecule has 0 saturated heterocycles. The van der Waals surface area contributed by atoms with Gasteiger partial charge < -0.3 is 16.0 Å². The average molecular weight is 393 g/mol. The second-order valence-corrected chi connectivity index (χ2v) is 8.16. The molecule has 0 aliphatic carbocycles. The number of hydrogen-bond donors (Lipinski definition) is 2. The highest BCUT2D eigenvalue weighted by molar-refractivity contribution is 5.83. The van der Waals surface area contributed by atoms with Crippen molar-refractivity contribution in [1.82, 2.24) is 10.2 Å². The molecule has 164 valence electrons. The summed E-state index contributed by atoms with van der Waals surface area (Å²) in [6.07, 6.45) is 23.7. The molecule has 0 atom stereocenters. The first kappa shape index (κ1) is 25.2. The molecule has 0 radical (unpaired) electrons. The minimum Gasteiger partial charge on any atom is -0.357 e. The largest absolute Gasteiger partial charge is 0.357 e. The quantitative estimate of drug-likeness (QED) is 0.219. The number of rotatable bonds is 20. The van der Waals surface area contributed by atoms with E-state index in [1.165, 1.54) is 89.3 Å². The summed E-state index contributed by atoms with van der Waals surface area (Å²) in [5, 5.41) is 3.38. The fraction of sp³-hybridized carbons (Fsp3) is 0.875. The van der Waals surface area contributed by atoms with E-state index < -0.39 is 0 Å². The summed E-state index contributed by atoms with van der Waals surface area (Å²) >= 11 is 0. The van der Waals surface area contributed by atoms with Crippen LogP contribution in [-0.4, -0.2) is 50.0 Å². The van der Waals surface area contributed by atoms with Crippen molar-refractivity contribution in [3.05, 3.63) is 12.2 Å². The number of unbranched alkanes of at least 4 members (excludes halogenated alkanes) is 11. The Bertz CT molecular complexity index is 392. The Kier molecular flexibility index (Phi) is 17.5. The van der Waals surface area contributed by atoms with Gasteiger partial charge in [-0.2, -0.15) is 0 Å². The lowest BCUT2D eigenvalue weighted by Gasteiger charge is -2.20. The van der Waals surface area contributed by atoms with E-state index in [4.69, 9.17) is 10.7 Å². The fourth-order valence-corrected chi connectivity index (χ4v) is 3.80. The van der Waals surface area contributed by atoms with Crippen LogP contribution in [0.3, 0.4) is 0 Å². The Balaban J connectivity index is 1.86. The third-order valence-electron chi connectivity index (χ3n) is 5.57. The molecule has 1 aliphatic heterocycles. The highest BCUT2D eigenvalue weighted by atomic mass is 15.2. The van der Waals surface area contributed by atoms with Crippen LogP contribution in [0.15, 0.2) is 17.1 Å². The van der Waals surface area contributed by atoms with Crippen LogP contribution in [0, 0.1) is 0 Å². The Morgan fingerprint density at radius 1 is 0.893 bits per heavy atom. The van der Waals surface area contributed by atoms with Gasteiger partial charge in [0.05, 0.1) is 12.4 Å². The highest BCUT2D eigenvalue weighted by Crippen LogP contribution is 2.12. The first-order chi connectivity index (χ1) is 13.9. The monoisotopic (exact) mass is 392 g/mol. The van der Waals surface area contributed by atoms with Gasteiger partial charge in [0.25, 0.3) is 0 Å². The Hall–Kier alpha value is -0.870. The van der Waals surface area contributed by atoms with Gasteiger partial charge in [-0.15, -0.1) is 0 Å². The molecule has 1 aliphatic rings. The number of nitrogens with one attached hydrogen (secondary N) is 1. The first-order valence-corrected chi connectivity index (χ1v) is 12.2. The maximum atomic E-state index is 5.52. The summed E-state index contributed by atoms with van der Waals surface area (Å²) in [7, 11) is 0. The number of nitrogens with zero attached hydrogens (tertiary/aromatic N) is 2. The zero-order valence-corrected chi connectivity index (χ0v) is 18.8. The fourth-order valence-electron chi connectivity index (χ4n) is 3.80. The molecular formula is C24H48N4. The molecule has 0 fully saturated rings. The van der Waals surface area contributed by atoms with E-state index in [9.17, 15) is 0 Å². The number of aliphatic imine (C=N–C) groups is 1. The lowest BCUT2D eigenvalue weighted by atomic mass is 10.1. The van der Waals surface area contributed by atoms with Gasteiger partial charge in [0, 0.05) is 39.1 Å². The molecule has 4 heteroatoms. The van der Waals surface area contributed by atoms with Crippen molar-refractivity contribution in [2.75, 3.05) is 39.3 Å². The van der Waals surface area contributed by atoms with Gasteiger partial charge in [0.1, 0.15) is 0 Å². The van der Waals surface area contributed by atoms with Crippen molar-refractivity contribution in [3.8, 4) is 0 Å². The summed E-state index contributed by atoms with van der Waals surface area (Å²) in [6.45, 7) is 8.09. The predicted octanol–water partition coefficient (Wildman–Crippen LogP) is 5.29. The normalized spacial score (nSPS) is 14.4. The van der Waals surface area contributed by atoms with Crippen LogP contribution in [0.1, 0.15) is 96.8 Å². The molecule has 1 heterocycles. The minimum atomic E-state index is 0.718. The second kappa shape index (κ2) is 19.4. The lowest BCUT2D eigenvalue weighted by Crippen LogP contribution is -2.36. The molecule has 0 unspecified atom stereocenters. The maximum absolute atomic E-state index is 5.52. The van der Waals surface area contributed by atoms with E-state index in [0.717, 1.165) is 45.7 Å². The van der Waals surface area contributed by atoms with E-state index in [2.05, 4.69) is 29.3 Å². The Morgan fingerprint density at radius 3 is 2.21 bits per heavy atom. The van der Waals surface area contributed by atoms with Crippen molar-refractivity contribution in [2.45, 2.75) is 96.8 Å². The van der Waals surface area contributed by atoms with Gasteiger partial charge >= 0.3 is 0 Å². The SMILES string of the molecule is CCCCCCCC/C=C\CCCCCCCC1=NCCN1CCNCCN. The Labute approximate surface area is 175 Å². The topological polar surface area (TPSA) is 53.6 Å². The molecule has 3 N–H and O–H groups in total. The molecule has 0 bridgehead atoms. The number of nitrogens with two attached hydrogens (primary N) is 1. The van der Waals surface area contributed by atoms with Crippen molar-refractivity contribution in [1.29, 1.82) is 0 Å². The van der Waals surface area contributed by atoms with Crippen molar-refractivity contribution >= 4 is 5.84 Å². The van der Waals surface area contributed by atoms with E-state index in [-0.39, 0.29) is 0 Å². The summed E-state index contributed by atoms with van der Waals surface area (Å²) < 4.78 is 0. The van der Waals surface area contributed by atoms with Crippen molar-refractivity contribution in [2.24, 2.45) is 10.7 Å². The zero-order chi connectivity index (χ0) is 20.1. The molecule has 1 rings (SSSR count). The van der Waals surface area contributed by atoms with Crippen LogP contribution in [0.25, 0.3) is 0 Å². The molecule has 28 heavy (non-hydrogen) atoms. The maximum Gasteiger partial charge on any atom is 0.0990 e. The molecule has 0 amide bonds. The molecule has 0 aromatic heterocycles. The molecular weight excluding hydrogens is 344 g/mol. The van der Waals surface area contributed by atoms with Gasteiger partial charge in [0.15, 0.2) is 0 Å². The zero-order valence-electron chi connectivity index (χ0n) is 18.8. The summed E-state index contributed by atoms with van der Waals surface area (Å²) in [5.41, 5.74) is 5.52. The summed E-state index contributed by atoms with van der Waals surface area (Å²) in [4.78, 5) is 7.16. The number of allylic oxidation sites excluding steroid dienone is 2. The summed E-state index contributed by atoms with van der Waals surface area (Å²) in [6, 6.07) is 0. The highest BCUT2D eigenvalue weighted by Gasteiger charge is 2.15. The van der Waals surface area contributed by atoms with Gasteiger partial charge in [-0.1, -0.05) is 70.4 Å². The second-order valence-electron chi connectivity index (χ2n) is 8.16. The van der Waals surface area contributed by atoms with E-state index in [1.54, 1.807) is 0 Å². The predicted molar refractivity (Wildman–Crippen MR) is 125 cm³/mol. The third kappa shape index (κ3) is 14.2. The standard InChI is InChI=1S/C24H48N4/c1-2-3-4-5-6-7-8-9-10-11-12-13-14-15-16-17-24-27-21-23-28(24)22-20-26-19-18-25/h9-10,26H,2-8,11-23,25H2,1H3/b10-9-. The van der Waals surface area contributed by atoms with Gasteiger partial charge in [0.2, 0.25) is 0 Å². The molecule has 4 nitrogen and oxygen atoms in total. The summed E-state index contributed by atoms with van der Waals surface area (Å²) in [5.74, 6) is 1.34. The van der Waals surface area contributed by atoms with E-state index in [1.807, 2.05) is 0 Å². The molecule has 0 aromatic rings. The number of amidine groups is 1. The molecule has 0 aromatic carbocycles. The molecule has 0 saturated carbocycles. The first-order valence-electron chi connectivity index (χ1n) is 12.2. The number of hydrogen-bond acceptors (Lipinski definition) is 4. The van der Waals surface area contributed by atoms with E-state index in [0.29, 0.717) is 0 Å². The lowest BCUT2D eigenvalue weighted by molar-refractivity contribution is 0.435. The van der Waals surface area contributed by atoms with Crippen LogP contribution in [0.4, 0.5) is 0 Å². The van der Waals surface area contributed by atoms with Crippen LogP contribution in [0.2, 0.25) is 0 Å². The van der Waals surface area contributed by atoms with Crippen molar-refractivity contribution in [3.63, 3.8) is 0 Å². The van der Waals surface area contributed by atoms with Crippen LogP contribution in [0.5, 0.6) is 0 Å². The van der Waals surface area contributed by atoms with Crippen molar-refractivity contribution < 1.29 is 0 Å². The Morgan fingerprint density at radius 2 is 1.54 bits per heavy atom. The molecule has 0 spiro atoms. The minimum absolute atomic E-state index is 0.718. The van der Waals surface area contributed by atoms with Gasteiger partial charge in [-0.05, 0) is 32.1 Å².